The molecule has 0 spiro atoms. The molecule has 0 N–H and O–H groups in total. The number of hydrogen-bond acceptors (Lipinski definition) is 5. The molecule has 0 amide bonds. The lowest BCUT2D eigenvalue weighted by Crippen LogP contribution is -2.64. The first-order valence-corrected chi connectivity index (χ1v) is 6.89. The van der Waals surface area contributed by atoms with E-state index in [0.717, 1.165) is 5.57 Å². The van der Waals surface area contributed by atoms with Crippen molar-refractivity contribution in [3.8, 4) is 0 Å². The summed E-state index contributed by atoms with van der Waals surface area (Å²) in [5.74, 6) is -3.03. The number of fused-ring (bicyclic) bond motifs is 2. The summed E-state index contributed by atoms with van der Waals surface area (Å²) in [7, 11) is 4.18. The third-order valence-electron chi connectivity index (χ3n) is 5.12. The van der Waals surface area contributed by atoms with Crippen LogP contribution >= 0.6 is 0 Å². The first-order valence-electron chi connectivity index (χ1n) is 6.89. The second-order valence-electron chi connectivity index (χ2n) is 5.99. The van der Waals surface area contributed by atoms with E-state index >= 15 is 0 Å². The Morgan fingerprint density at radius 3 is 2.33 bits per heavy atom. The molecule has 1 saturated carbocycles. The molecule has 0 aromatic carbocycles. The molecule has 116 valence electrons. The van der Waals surface area contributed by atoms with Crippen LogP contribution in [-0.4, -0.2) is 38.9 Å². The predicted molar refractivity (Wildman–Crippen MR) is 76.4 cm³/mol. The minimum atomic E-state index is -1.42. The van der Waals surface area contributed by atoms with E-state index in [0.29, 0.717) is 12.0 Å². The highest BCUT2D eigenvalue weighted by atomic mass is 16.7. The Morgan fingerprint density at radius 2 is 1.90 bits per heavy atom. The molecule has 5 nitrogen and oxygen atoms in total. The van der Waals surface area contributed by atoms with E-state index in [1.54, 1.807) is 6.08 Å². The normalized spacial score (nSPS) is 33.6. The minimum absolute atomic E-state index is 0.165. The number of carbonyl (C=O) groups is 2. The van der Waals surface area contributed by atoms with Crippen molar-refractivity contribution in [1.82, 2.24) is 0 Å². The van der Waals surface area contributed by atoms with Crippen LogP contribution in [0.15, 0.2) is 23.8 Å². The minimum Gasteiger partial charge on any atom is -0.466 e. The molecule has 0 saturated heterocycles. The second-order valence-corrected chi connectivity index (χ2v) is 5.99. The maximum atomic E-state index is 12.9. The fraction of sp³-hybridized carbons (Fsp3) is 0.625. The van der Waals surface area contributed by atoms with Crippen LogP contribution in [0.2, 0.25) is 0 Å². The van der Waals surface area contributed by atoms with Gasteiger partial charge in [-0.05, 0) is 13.3 Å². The van der Waals surface area contributed by atoms with Gasteiger partial charge in [0, 0.05) is 25.2 Å². The molecule has 0 aliphatic heterocycles. The number of methoxy groups -OCH3 is 3. The number of Topliss-reactive ketones (excluding diaryl/α,β-unsaturated/α-hetero) is 1. The van der Waals surface area contributed by atoms with Gasteiger partial charge in [0.25, 0.3) is 0 Å². The van der Waals surface area contributed by atoms with Gasteiger partial charge in [0.05, 0.1) is 18.9 Å². The smallest absolute Gasteiger partial charge is 0.333 e. The molecular weight excluding hydrogens is 272 g/mol. The summed E-state index contributed by atoms with van der Waals surface area (Å²) >= 11 is 0. The van der Waals surface area contributed by atoms with E-state index in [1.165, 1.54) is 21.3 Å². The van der Waals surface area contributed by atoms with E-state index in [2.05, 4.69) is 6.58 Å². The van der Waals surface area contributed by atoms with Crippen LogP contribution in [0.5, 0.6) is 0 Å². The van der Waals surface area contributed by atoms with Gasteiger partial charge >= 0.3 is 5.97 Å². The Labute approximate surface area is 124 Å². The van der Waals surface area contributed by atoms with Crippen molar-refractivity contribution in [3.05, 3.63) is 23.8 Å². The van der Waals surface area contributed by atoms with E-state index in [4.69, 9.17) is 14.2 Å². The highest BCUT2D eigenvalue weighted by Gasteiger charge is 2.64. The number of ether oxygens (including phenoxy) is 3. The van der Waals surface area contributed by atoms with Crippen LogP contribution in [0, 0.1) is 17.3 Å². The van der Waals surface area contributed by atoms with Gasteiger partial charge in [-0.3, -0.25) is 4.79 Å². The number of rotatable bonds is 4. The fourth-order valence-corrected chi connectivity index (χ4v) is 3.57. The van der Waals surface area contributed by atoms with Gasteiger partial charge in [-0.2, -0.15) is 0 Å². The van der Waals surface area contributed by atoms with Crippen LogP contribution in [0.1, 0.15) is 20.3 Å². The SMILES string of the molecule is C=C(C)[C@@]1(C)C[C@H]2C(C(=O)OC)=C[C@@H]1C(=O)C2(OC)OC. The van der Waals surface area contributed by atoms with Crippen molar-refractivity contribution in [2.24, 2.45) is 17.3 Å². The second kappa shape index (κ2) is 5.07. The third-order valence-corrected chi connectivity index (χ3v) is 5.12. The average Bonchev–Trinajstić information content (AvgIpc) is 2.47. The summed E-state index contributed by atoms with van der Waals surface area (Å²) in [4.78, 5) is 24.9. The Kier molecular flexibility index (Phi) is 3.84. The maximum Gasteiger partial charge on any atom is 0.333 e. The zero-order valence-corrected chi connectivity index (χ0v) is 13.2. The summed E-state index contributed by atoms with van der Waals surface area (Å²) in [6.07, 6.45) is 2.26. The molecule has 21 heavy (non-hydrogen) atoms. The third kappa shape index (κ3) is 1.91. The summed E-state index contributed by atoms with van der Waals surface area (Å²) in [6, 6.07) is 0. The Bertz CT molecular complexity index is 529. The molecule has 0 radical (unpaired) electrons. The number of ketones is 1. The van der Waals surface area contributed by atoms with E-state index in [-0.39, 0.29) is 5.78 Å². The number of carbonyl (C=O) groups excluding carboxylic acids is 2. The molecule has 3 aliphatic carbocycles. The molecule has 0 unspecified atom stereocenters. The molecule has 3 rings (SSSR count). The van der Waals surface area contributed by atoms with Crippen LogP contribution in [0.4, 0.5) is 0 Å². The van der Waals surface area contributed by atoms with Gasteiger partial charge in [0.1, 0.15) is 0 Å². The van der Waals surface area contributed by atoms with Crippen molar-refractivity contribution in [2.45, 2.75) is 26.1 Å². The van der Waals surface area contributed by atoms with Crippen molar-refractivity contribution < 1.29 is 23.8 Å². The predicted octanol–water partition coefficient (Wildman–Crippen LogP) is 1.88. The van der Waals surface area contributed by atoms with Gasteiger partial charge in [0.15, 0.2) is 5.78 Å². The van der Waals surface area contributed by atoms with Crippen LogP contribution < -0.4 is 0 Å². The fourth-order valence-electron chi connectivity index (χ4n) is 3.57. The maximum absolute atomic E-state index is 12.9. The summed E-state index contributed by atoms with van der Waals surface area (Å²) in [6.45, 7) is 7.91. The van der Waals surface area contributed by atoms with Crippen molar-refractivity contribution in [2.75, 3.05) is 21.3 Å². The van der Waals surface area contributed by atoms with Crippen LogP contribution in [0.3, 0.4) is 0 Å². The zero-order valence-electron chi connectivity index (χ0n) is 13.2. The molecule has 3 aliphatic rings. The Morgan fingerprint density at radius 1 is 1.33 bits per heavy atom. The largest absolute Gasteiger partial charge is 0.466 e. The first kappa shape index (κ1) is 15.9. The molecule has 0 aromatic heterocycles. The van der Waals surface area contributed by atoms with Crippen molar-refractivity contribution in [3.63, 3.8) is 0 Å². The highest BCUT2D eigenvalue weighted by molar-refractivity contribution is 6.00. The van der Waals surface area contributed by atoms with Crippen molar-refractivity contribution in [1.29, 1.82) is 0 Å². The van der Waals surface area contributed by atoms with Gasteiger partial charge in [-0.15, -0.1) is 0 Å². The van der Waals surface area contributed by atoms with E-state index in [1.807, 2.05) is 13.8 Å². The molecular formula is C16H22O5. The highest BCUT2D eigenvalue weighted by Crippen LogP contribution is 2.57. The van der Waals surface area contributed by atoms with Gasteiger partial charge in [0.2, 0.25) is 5.79 Å². The van der Waals surface area contributed by atoms with Crippen LogP contribution in [-0.2, 0) is 23.8 Å². The average molecular weight is 294 g/mol. The monoisotopic (exact) mass is 294 g/mol. The summed E-state index contributed by atoms with van der Waals surface area (Å²) in [5, 5.41) is 0. The van der Waals surface area contributed by atoms with Crippen LogP contribution in [0.25, 0.3) is 0 Å². The summed E-state index contributed by atoms with van der Waals surface area (Å²) < 4.78 is 15.7. The Hall–Kier alpha value is -1.46. The molecule has 0 aromatic rings. The lowest BCUT2D eigenvalue weighted by Gasteiger charge is -2.54. The lowest BCUT2D eigenvalue weighted by molar-refractivity contribution is -0.246. The van der Waals surface area contributed by atoms with E-state index < -0.39 is 29.0 Å². The van der Waals surface area contributed by atoms with Gasteiger partial charge < -0.3 is 14.2 Å². The molecule has 3 atom stereocenters. The van der Waals surface area contributed by atoms with Gasteiger partial charge in [-0.25, -0.2) is 4.79 Å². The summed E-state index contributed by atoms with van der Waals surface area (Å²) in [5.41, 5.74) is 0.955. The quantitative estimate of drug-likeness (QED) is 0.450. The molecule has 1 fully saturated rings. The number of allylic oxidation sites excluding steroid dienone is 2. The Balaban J connectivity index is 2.62. The standard InChI is InChI=1S/C16H22O5/c1-9(2)15(3)8-12-10(14(18)19-4)7-11(15)13(17)16(12,20-5)21-6/h7,11-12H,1,8H2,2-6H3/t11-,12+,15-/m1/s1. The lowest BCUT2D eigenvalue weighted by atomic mass is 9.52. The molecule has 5 heteroatoms. The number of hydrogen-bond donors (Lipinski definition) is 0. The topological polar surface area (TPSA) is 61.8 Å². The molecule has 2 bridgehead atoms. The van der Waals surface area contributed by atoms with Crippen molar-refractivity contribution >= 4 is 11.8 Å². The zero-order chi connectivity index (χ0) is 16.0. The van der Waals surface area contributed by atoms with E-state index in [9.17, 15) is 9.59 Å². The first-order chi connectivity index (χ1) is 9.78. The number of esters is 1. The molecule has 0 heterocycles. The van der Waals surface area contributed by atoms with Gasteiger partial charge in [-0.1, -0.05) is 25.2 Å².